The summed E-state index contributed by atoms with van der Waals surface area (Å²) in [6.07, 6.45) is 14.9. The lowest BCUT2D eigenvalue weighted by atomic mass is 9.67. The minimum Gasteiger partial charge on any atom is -0.310 e. The number of rotatable bonds is 7. The van der Waals surface area contributed by atoms with E-state index in [9.17, 15) is 0 Å². The second-order valence-corrected chi connectivity index (χ2v) is 19.4. The zero-order valence-electron chi connectivity index (χ0n) is 36.2. The molecule has 0 bridgehead atoms. The smallest absolute Gasteiger partial charge is 0.0689 e. The molecule has 0 amide bonds. The highest BCUT2D eigenvalue weighted by atomic mass is 127. The molecule has 8 aromatic carbocycles. The van der Waals surface area contributed by atoms with Crippen LogP contribution in [0.3, 0.4) is 0 Å². The Bertz CT molecular complexity index is 3290. The van der Waals surface area contributed by atoms with Crippen molar-refractivity contribution in [2.45, 2.75) is 38.5 Å². The molecule has 1 nitrogen and oxygen atoms in total. The first kappa shape index (κ1) is 39.1. The molecule has 0 saturated heterocycles. The maximum atomic E-state index is 2.70. The number of para-hydroxylation sites is 1. The van der Waals surface area contributed by atoms with Crippen molar-refractivity contribution in [3.05, 3.63) is 249 Å². The van der Waals surface area contributed by atoms with Crippen molar-refractivity contribution < 1.29 is 0 Å². The number of fused-ring (bicyclic) bond motifs is 10. The minimum absolute atomic E-state index is 0.378. The molecule has 0 saturated carbocycles. The second kappa shape index (κ2) is 15.6. The van der Waals surface area contributed by atoms with Crippen molar-refractivity contribution in [1.82, 2.24) is 0 Å². The molecule has 3 atom stereocenters. The summed E-state index contributed by atoms with van der Waals surface area (Å²) >= 11 is 2.70. The summed E-state index contributed by atoms with van der Waals surface area (Å²) in [4.78, 5) is 2.39. The summed E-state index contributed by atoms with van der Waals surface area (Å²) in [6.45, 7) is 4.70. The summed E-state index contributed by atoms with van der Waals surface area (Å²) in [6, 6.07) is 66.0. The van der Waals surface area contributed by atoms with Crippen LogP contribution in [0.15, 0.2) is 217 Å². The Balaban J connectivity index is 1.02. The summed E-state index contributed by atoms with van der Waals surface area (Å²) in [5, 5.41) is 2.46. The van der Waals surface area contributed by atoms with Crippen molar-refractivity contribution in [1.29, 1.82) is 0 Å². The van der Waals surface area contributed by atoms with E-state index in [0.717, 1.165) is 30.6 Å². The molecule has 64 heavy (non-hydrogen) atoms. The fourth-order valence-corrected chi connectivity index (χ4v) is 12.6. The SMILES string of the molecule is CC1C=CC=C(Cc2ccccc2-c2ccc3c(c2I)-c2ccc(-c4ccc(N(c5ccccc5)c5cccc6ccccc56)cc4)cc2C32C3=C(C=CC(C)C3)c3ccccc32)C1. The molecule has 0 aromatic heterocycles. The van der Waals surface area contributed by atoms with E-state index in [-0.39, 0.29) is 5.41 Å². The molecule has 0 radical (unpaired) electrons. The molecule has 0 fully saturated rings. The molecule has 0 N–H and O–H groups in total. The second-order valence-electron chi connectivity index (χ2n) is 18.3. The number of benzene rings is 8. The van der Waals surface area contributed by atoms with Gasteiger partial charge in [-0.2, -0.15) is 0 Å². The zero-order valence-corrected chi connectivity index (χ0v) is 38.4. The molecule has 4 aliphatic rings. The maximum absolute atomic E-state index is 2.70. The van der Waals surface area contributed by atoms with Crippen molar-refractivity contribution in [3.63, 3.8) is 0 Å². The molecule has 1 spiro atoms. The topological polar surface area (TPSA) is 3.24 Å². The van der Waals surface area contributed by atoms with Crippen molar-refractivity contribution in [2.24, 2.45) is 11.8 Å². The minimum atomic E-state index is -0.378. The number of nitrogens with zero attached hydrogens (tertiary/aromatic N) is 1. The van der Waals surface area contributed by atoms with Crippen LogP contribution in [0.25, 0.3) is 49.7 Å². The normalized spacial score (nSPS) is 19.1. The van der Waals surface area contributed by atoms with E-state index in [0.29, 0.717) is 11.8 Å². The molecule has 3 unspecified atom stereocenters. The molecule has 2 heteroatoms. The number of halogens is 1. The number of allylic oxidation sites excluding steroid dienone is 8. The first-order valence-electron chi connectivity index (χ1n) is 22.8. The van der Waals surface area contributed by atoms with E-state index in [4.69, 9.17) is 0 Å². The van der Waals surface area contributed by atoms with Crippen molar-refractivity contribution in [2.75, 3.05) is 4.90 Å². The van der Waals surface area contributed by atoms with Crippen LogP contribution in [0.1, 0.15) is 54.5 Å². The van der Waals surface area contributed by atoms with E-state index in [1.807, 2.05) is 0 Å². The van der Waals surface area contributed by atoms with Gasteiger partial charge in [0.2, 0.25) is 0 Å². The Hall–Kier alpha value is -6.49. The van der Waals surface area contributed by atoms with E-state index in [1.54, 1.807) is 5.57 Å². The molecular weight excluding hydrogens is 886 g/mol. The van der Waals surface area contributed by atoms with E-state index in [1.165, 1.54) is 92.4 Å². The van der Waals surface area contributed by atoms with Crippen LogP contribution in [-0.4, -0.2) is 0 Å². The van der Waals surface area contributed by atoms with Crippen LogP contribution < -0.4 is 4.90 Å². The summed E-state index contributed by atoms with van der Waals surface area (Å²) < 4.78 is 1.34. The van der Waals surface area contributed by atoms with E-state index < -0.39 is 0 Å². The first-order valence-corrected chi connectivity index (χ1v) is 23.9. The molecule has 0 aliphatic heterocycles. The monoisotopic (exact) mass is 933 g/mol. The Morgan fingerprint density at radius 2 is 1.27 bits per heavy atom. The Morgan fingerprint density at radius 1 is 0.562 bits per heavy atom. The van der Waals surface area contributed by atoms with Gasteiger partial charge in [0.1, 0.15) is 0 Å². The molecular formula is C62H48IN. The predicted molar refractivity (Wildman–Crippen MR) is 279 cm³/mol. The van der Waals surface area contributed by atoms with Crippen LogP contribution >= 0.6 is 22.6 Å². The highest BCUT2D eigenvalue weighted by Gasteiger charge is 2.53. The van der Waals surface area contributed by atoms with Gasteiger partial charge in [0.15, 0.2) is 0 Å². The van der Waals surface area contributed by atoms with Crippen LogP contribution in [0.5, 0.6) is 0 Å². The summed E-state index contributed by atoms with van der Waals surface area (Å²) in [5.41, 5.74) is 22.4. The van der Waals surface area contributed by atoms with Gasteiger partial charge < -0.3 is 4.90 Å². The van der Waals surface area contributed by atoms with Gasteiger partial charge in [0.25, 0.3) is 0 Å². The number of anilines is 3. The number of hydrogen-bond donors (Lipinski definition) is 0. The summed E-state index contributed by atoms with van der Waals surface area (Å²) in [5.74, 6) is 1.03. The highest BCUT2D eigenvalue weighted by Crippen LogP contribution is 2.65. The van der Waals surface area contributed by atoms with Gasteiger partial charge in [-0.1, -0.05) is 189 Å². The fraction of sp³-hybridized carbons (Fsp3) is 0.129. The van der Waals surface area contributed by atoms with Gasteiger partial charge >= 0.3 is 0 Å². The Morgan fingerprint density at radius 3 is 2.12 bits per heavy atom. The van der Waals surface area contributed by atoms with Crippen molar-refractivity contribution in [3.8, 4) is 33.4 Å². The van der Waals surface area contributed by atoms with Crippen LogP contribution in [-0.2, 0) is 11.8 Å². The van der Waals surface area contributed by atoms with Crippen LogP contribution in [0, 0.1) is 15.4 Å². The van der Waals surface area contributed by atoms with Crippen LogP contribution in [0.2, 0.25) is 0 Å². The van der Waals surface area contributed by atoms with Gasteiger partial charge in [-0.05, 0) is 162 Å². The predicted octanol–water partition coefficient (Wildman–Crippen LogP) is 17.0. The standard InChI is InChI=1S/C62H48IN/c1-40-14-12-15-42(36-40)38-46-17-7-8-21-49(46)53-34-35-56-60(61(53)63)54-33-29-45(39-58(54)62(56)55-24-11-10-23-51(55)52-32-26-41(2)37-57(52)62)43-27-30-48(31-28-43)64(47-19-4-3-5-20-47)59-25-13-18-44-16-6-9-22-50(44)59/h3-35,39-41H,36-38H2,1-2H3. The van der Waals surface area contributed by atoms with Gasteiger partial charge in [-0.15, -0.1) is 0 Å². The lowest BCUT2D eigenvalue weighted by molar-refractivity contribution is 0.630. The Kier molecular flexibility index (Phi) is 9.56. The molecule has 12 rings (SSSR count). The zero-order chi connectivity index (χ0) is 42.9. The van der Waals surface area contributed by atoms with Crippen molar-refractivity contribution >= 4 is 56.0 Å². The molecule has 308 valence electrons. The van der Waals surface area contributed by atoms with Gasteiger partial charge in [0.05, 0.1) is 11.1 Å². The van der Waals surface area contributed by atoms with Gasteiger partial charge in [-0.3, -0.25) is 0 Å². The third kappa shape index (κ3) is 6.17. The third-order valence-electron chi connectivity index (χ3n) is 14.3. The fourth-order valence-electron chi connectivity index (χ4n) is 11.5. The number of hydrogen-bond acceptors (Lipinski definition) is 1. The van der Waals surface area contributed by atoms with Gasteiger partial charge in [-0.25, -0.2) is 0 Å². The third-order valence-corrected chi connectivity index (χ3v) is 15.4. The highest BCUT2D eigenvalue weighted by molar-refractivity contribution is 14.1. The van der Waals surface area contributed by atoms with Gasteiger partial charge in [0, 0.05) is 25.9 Å². The molecule has 0 heterocycles. The quantitative estimate of drug-likeness (QED) is 0.144. The summed E-state index contributed by atoms with van der Waals surface area (Å²) in [7, 11) is 0. The molecule has 4 aliphatic carbocycles. The van der Waals surface area contributed by atoms with E-state index in [2.05, 4.69) is 248 Å². The largest absolute Gasteiger partial charge is 0.310 e. The van der Waals surface area contributed by atoms with E-state index >= 15 is 0 Å². The molecule has 8 aromatic rings. The first-order chi connectivity index (χ1) is 31.5. The Labute approximate surface area is 391 Å². The average molecular weight is 934 g/mol. The lowest BCUT2D eigenvalue weighted by Gasteiger charge is -2.35. The van der Waals surface area contributed by atoms with Crippen LogP contribution in [0.4, 0.5) is 17.1 Å². The lowest BCUT2D eigenvalue weighted by Crippen LogP contribution is -2.28. The maximum Gasteiger partial charge on any atom is 0.0689 e. The average Bonchev–Trinajstić information content (AvgIpc) is 3.79.